The number of carbonyl (C=O) groups excluding carboxylic acids is 2. The maximum Gasteiger partial charge on any atom is 0.251 e. The number of amides is 2. The van der Waals surface area contributed by atoms with Crippen LogP contribution in [0.5, 0.6) is 0 Å². The van der Waals surface area contributed by atoms with Crippen molar-refractivity contribution in [2.24, 2.45) is 17.4 Å². The molecule has 0 aliphatic heterocycles. The van der Waals surface area contributed by atoms with Crippen LogP contribution in [0.25, 0.3) is 0 Å². The fourth-order valence-corrected chi connectivity index (χ4v) is 1.16. The first kappa shape index (κ1) is 13.1. The third-order valence-electron chi connectivity index (χ3n) is 2.30. The Labute approximate surface area is 98.0 Å². The predicted octanol–water partition coefficient (Wildman–Crippen LogP) is 0.458. The minimum atomic E-state index is -0.884. The van der Waals surface area contributed by atoms with Crippen molar-refractivity contribution < 1.29 is 14.0 Å². The van der Waals surface area contributed by atoms with Gasteiger partial charge in [0.05, 0.1) is 5.56 Å². The summed E-state index contributed by atoms with van der Waals surface area (Å²) in [4.78, 5) is 22.4. The van der Waals surface area contributed by atoms with E-state index in [4.69, 9.17) is 11.5 Å². The van der Waals surface area contributed by atoms with Crippen LogP contribution in [0.3, 0.4) is 0 Å². The highest BCUT2D eigenvalue weighted by atomic mass is 19.1. The van der Waals surface area contributed by atoms with E-state index in [2.05, 4.69) is 5.32 Å². The molecule has 1 aromatic rings. The monoisotopic (exact) mass is 239 g/mol. The van der Waals surface area contributed by atoms with Crippen LogP contribution < -0.4 is 16.8 Å². The summed E-state index contributed by atoms with van der Waals surface area (Å²) >= 11 is 0. The number of hydrogen-bond donors (Lipinski definition) is 3. The summed E-state index contributed by atoms with van der Waals surface area (Å²) in [5.41, 5.74) is 10.4. The average Bonchev–Trinajstić information content (AvgIpc) is 2.30. The van der Waals surface area contributed by atoms with Crippen molar-refractivity contribution in [2.75, 3.05) is 11.9 Å². The topological polar surface area (TPSA) is 98.2 Å². The molecule has 1 unspecified atom stereocenters. The number of nitrogens with two attached hydrogens (primary N) is 2. The lowest BCUT2D eigenvalue weighted by atomic mass is 10.1. The smallest absolute Gasteiger partial charge is 0.251 e. The van der Waals surface area contributed by atoms with E-state index in [1.165, 1.54) is 12.1 Å². The standard InChI is InChI=1S/C11H14FN3O2/c1-6(5-13)11(17)15-7-2-3-9(12)8(4-7)10(14)16/h2-4,6H,5,13H2,1H3,(H2,14,16)(H,15,17). The molecule has 0 saturated carbocycles. The summed E-state index contributed by atoms with van der Waals surface area (Å²) in [5.74, 6) is -2.26. The van der Waals surface area contributed by atoms with Gasteiger partial charge in [-0.3, -0.25) is 9.59 Å². The van der Waals surface area contributed by atoms with Crippen LogP contribution in [0.2, 0.25) is 0 Å². The fraction of sp³-hybridized carbons (Fsp3) is 0.273. The van der Waals surface area contributed by atoms with E-state index in [9.17, 15) is 14.0 Å². The van der Waals surface area contributed by atoms with E-state index in [1.54, 1.807) is 6.92 Å². The first-order chi connectivity index (χ1) is 7.95. The molecule has 1 atom stereocenters. The molecule has 1 rings (SSSR count). The summed E-state index contributed by atoms with van der Waals surface area (Å²) < 4.78 is 13.1. The molecule has 0 aliphatic rings. The van der Waals surface area contributed by atoms with Crippen molar-refractivity contribution in [3.05, 3.63) is 29.6 Å². The number of hydrogen-bond acceptors (Lipinski definition) is 3. The number of nitrogens with one attached hydrogen (secondary N) is 1. The second kappa shape index (κ2) is 5.40. The van der Waals surface area contributed by atoms with Crippen molar-refractivity contribution in [1.82, 2.24) is 0 Å². The number of carbonyl (C=O) groups is 2. The van der Waals surface area contributed by atoms with Gasteiger partial charge in [0, 0.05) is 18.2 Å². The van der Waals surface area contributed by atoms with Crippen molar-refractivity contribution in [2.45, 2.75) is 6.92 Å². The highest BCUT2D eigenvalue weighted by Crippen LogP contribution is 2.15. The highest BCUT2D eigenvalue weighted by molar-refractivity contribution is 5.97. The van der Waals surface area contributed by atoms with E-state index in [-0.39, 0.29) is 23.9 Å². The molecule has 0 fully saturated rings. The quantitative estimate of drug-likeness (QED) is 0.711. The van der Waals surface area contributed by atoms with Crippen LogP contribution in [-0.4, -0.2) is 18.4 Å². The Hall–Kier alpha value is -1.95. The zero-order valence-electron chi connectivity index (χ0n) is 9.37. The summed E-state index contributed by atoms with van der Waals surface area (Å²) in [5, 5.41) is 2.52. The van der Waals surface area contributed by atoms with Crippen LogP contribution in [-0.2, 0) is 4.79 Å². The normalized spacial score (nSPS) is 11.9. The lowest BCUT2D eigenvalue weighted by Gasteiger charge is -2.10. The van der Waals surface area contributed by atoms with Gasteiger partial charge in [-0.05, 0) is 18.2 Å². The second-order valence-electron chi connectivity index (χ2n) is 3.68. The third-order valence-corrected chi connectivity index (χ3v) is 2.30. The Bertz CT molecular complexity index is 448. The van der Waals surface area contributed by atoms with Gasteiger partial charge in [0.2, 0.25) is 5.91 Å². The van der Waals surface area contributed by atoms with Gasteiger partial charge in [-0.25, -0.2) is 4.39 Å². The minimum absolute atomic E-state index is 0.204. The molecular weight excluding hydrogens is 225 g/mol. The Morgan fingerprint density at radius 1 is 1.47 bits per heavy atom. The summed E-state index contributed by atoms with van der Waals surface area (Å²) in [6.45, 7) is 1.86. The van der Waals surface area contributed by atoms with Gasteiger partial charge in [-0.1, -0.05) is 6.92 Å². The molecule has 0 bridgehead atoms. The molecule has 17 heavy (non-hydrogen) atoms. The number of benzene rings is 1. The molecule has 0 aliphatic carbocycles. The van der Waals surface area contributed by atoms with Gasteiger partial charge in [0.1, 0.15) is 5.82 Å². The van der Waals surface area contributed by atoms with Gasteiger partial charge in [-0.2, -0.15) is 0 Å². The van der Waals surface area contributed by atoms with Gasteiger partial charge in [0.25, 0.3) is 5.91 Å². The van der Waals surface area contributed by atoms with E-state index in [0.717, 1.165) is 6.07 Å². The van der Waals surface area contributed by atoms with Gasteiger partial charge >= 0.3 is 0 Å². The molecular formula is C11H14FN3O2. The van der Waals surface area contributed by atoms with Gasteiger partial charge in [0.15, 0.2) is 0 Å². The Kier molecular flexibility index (Phi) is 4.17. The number of primary amides is 1. The first-order valence-corrected chi connectivity index (χ1v) is 5.06. The second-order valence-corrected chi connectivity index (χ2v) is 3.68. The third kappa shape index (κ3) is 3.25. The molecule has 0 radical (unpaired) electrons. The molecule has 92 valence electrons. The molecule has 1 aromatic carbocycles. The Balaban J connectivity index is 2.90. The van der Waals surface area contributed by atoms with Crippen LogP contribution in [0.15, 0.2) is 18.2 Å². The van der Waals surface area contributed by atoms with E-state index in [0.29, 0.717) is 5.69 Å². The molecule has 6 heteroatoms. The van der Waals surface area contributed by atoms with Crippen LogP contribution in [0.1, 0.15) is 17.3 Å². The summed E-state index contributed by atoms with van der Waals surface area (Å²) in [6, 6.07) is 3.62. The molecule has 5 nitrogen and oxygen atoms in total. The van der Waals surface area contributed by atoms with Crippen molar-refractivity contribution in [1.29, 1.82) is 0 Å². The maximum atomic E-state index is 13.1. The Morgan fingerprint density at radius 2 is 2.12 bits per heavy atom. The van der Waals surface area contributed by atoms with Crippen LogP contribution in [0, 0.1) is 11.7 Å². The van der Waals surface area contributed by atoms with Crippen LogP contribution in [0.4, 0.5) is 10.1 Å². The maximum absolute atomic E-state index is 13.1. The van der Waals surface area contributed by atoms with Gasteiger partial charge in [-0.15, -0.1) is 0 Å². The highest BCUT2D eigenvalue weighted by Gasteiger charge is 2.13. The van der Waals surface area contributed by atoms with Crippen molar-refractivity contribution >= 4 is 17.5 Å². The summed E-state index contributed by atoms with van der Waals surface area (Å²) in [6.07, 6.45) is 0. The van der Waals surface area contributed by atoms with Crippen molar-refractivity contribution in [3.8, 4) is 0 Å². The van der Waals surface area contributed by atoms with E-state index in [1.807, 2.05) is 0 Å². The van der Waals surface area contributed by atoms with Crippen molar-refractivity contribution in [3.63, 3.8) is 0 Å². The minimum Gasteiger partial charge on any atom is -0.366 e. The molecule has 2 amide bonds. The summed E-state index contributed by atoms with van der Waals surface area (Å²) in [7, 11) is 0. The average molecular weight is 239 g/mol. The van der Waals surface area contributed by atoms with E-state index < -0.39 is 11.7 Å². The van der Waals surface area contributed by atoms with Crippen LogP contribution >= 0.6 is 0 Å². The predicted molar refractivity (Wildman–Crippen MR) is 61.8 cm³/mol. The molecule has 0 heterocycles. The lowest BCUT2D eigenvalue weighted by molar-refractivity contribution is -0.119. The molecule has 0 saturated heterocycles. The Morgan fingerprint density at radius 3 is 2.65 bits per heavy atom. The fourth-order valence-electron chi connectivity index (χ4n) is 1.16. The number of halogens is 1. The van der Waals surface area contributed by atoms with E-state index >= 15 is 0 Å². The number of rotatable bonds is 4. The molecule has 5 N–H and O–H groups in total. The lowest BCUT2D eigenvalue weighted by Crippen LogP contribution is -2.26. The number of anilines is 1. The zero-order valence-corrected chi connectivity index (χ0v) is 9.37. The molecule has 0 spiro atoms. The SMILES string of the molecule is CC(CN)C(=O)Nc1ccc(F)c(C(N)=O)c1. The molecule has 0 aromatic heterocycles. The first-order valence-electron chi connectivity index (χ1n) is 5.06. The largest absolute Gasteiger partial charge is 0.366 e. The van der Waals surface area contributed by atoms with Gasteiger partial charge < -0.3 is 16.8 Å². The zero-order chi connectivity index (χ0) is 13.0.